The molecule has 0 saturated heterocycles. The van der Waals surface area contributed by atoms with E-state index in [0.29, 0.717) is 0 Å². The third kappa shape index (κ3) is 597. The summed E-state index contributed by atoms with van der Waals surface area (Å²) in [4.78, 5) is 25.6. The topological polar surface area (TPSA) is 217 Å². The summed E-state index contributed by atoms with van der Waals surface area (Å²) in [5.74, 6) is 0. The molecule has 0 aromatic heterocycles. The Morgan fingerprint density at radius 3 is 0.818 bits per heavy atom. The van der Waals surface area contributed by atoms with Crippen LogP contribution in [-0.4, -0.2) is 0 Å². The fourth-order valence-electron chi connectivity index (χ4n) is 0. The molecule has 0 amide bonds. The molecule has 0 fully saturated rings. The summed E-state index contributed by atoms with van der Waals surface area (Å²) in [6.45, 7) is 0. The van der Waals surface area contributed by atoms with Crippen LogP contribution in [0.25, 0.3) is 0 Å². The van der Waals surface area contributed by atoms with Gasteiger partial charge < -0.3 is 19.2 Å². The van der Waals surface area contributed by atoms with Gasteiger partial charge in [0.25, 0.3) is 0 Å². The SMILES string of the molecule is N#[O+].N#[O+].N#[O+].O=P([O-])([O-])[O-]. The van der Waals surface area contributed by atoms with Crippen LogP contribution < -0.4 is 14.7 Å². The molecule has 10 nitrogen and oxygen atoms in total. The molecule has 0 rings (SSSR count). The van der Waals surface area contributed by atoms with Crippen molar-refractivity contribution in [1.82, 2.24) is 0 Å². The molecule has 0 aromatic rings. The average molecular weight is 185 g/mol. The van der Waals surface area contributed by atoms with E-state index in [1.165, 1.54) is 0 Å². The normalized spacial score (nSPS) is 5.91. The Labute approximate surface area is 59.0 Å². The van der Waals surface area contributed by atoms with Gasteiger partial charge in [-0.25, -0.2) is 0 Å². The molecule has 0 saturated carbocycles. The second-order valence-electron chi connectivity index (χ2n) is 0.447. The zero-order chi connectivity index (χ0) is 10.5. The van der Waals surface area contributed by atoms with Gasteiger partial charge in [0.15, 0.2) is 0 Å². The maximum absolute atomic E-state index is 8.55. The molecule has 0 aliphatic heterocycles. The molecule has 0 bridgehead atoms. The van der Waals surface area contributed by atoms with Gasteiger partial charge in [-0.3, -0.25) is 0 Å². The van der Waals surface area contributed by atoms with E-state index in [-0.39, 0.29) is 0 Å². The van der Waals surface area contributed by atoms with Crippen molar-refractivity contribution in [2.24, 2.45) is 0 Å². The third-order valence-electron chi connectivity index (χ3n) is 0. The molecule has 0 spiro atoms. The standard InChI is InChI=1S/3NO.H3O4P/c3*1-2;1-5(2,3)4/h;;;(H3,1,2,3,4)/q3*+1;/p-3. The molecule has 11 heavy (non-hydrogen) atoms. The smallest absolute Gasteiger partial charge is 0.159 e. The Morgan fingerprint density at radius 2 is 0.818 bits per heavy atom. The van der Waals surface area contributed by atoms with E-state index in [4.69, 9.17) is 49.9 Å². The Kier molecular flexibility index (Phi) is 46.9. The molecule has 0 aromatic carbocycles. The van der Waals surface area contributed by atoms with E-state index in [9.17, 15) is 0 Å². The first kappa shape index (κ1) is 22.5. The summed E-state index contributed by atoms with van der Waals surface area (Å²) >= 11 is 0. The maximum Gasteiger partial charge on any atom is -0.159 e. The fourth-order valence-corrected chi connectivity index (χ4v) is 0. The molecule has 62 valence electrons. The van der Waals surface area contributed by atoms with E-state index in [2.05, 4.69) is 0 Å². The van der Waals surface area contributed by atoms with Crippen molar-refractivity contribution in [3.05, 3.63) is 0 Å². The van der Waals surface area contributed by atoms with Crippen molar-refractivity contribution >= 4 is 7.82 Å². The van der Waals surface area contributed by atoms with E-state index < -0.39 is 7.82 Å². The number of rotatable bonds is 0. The number of nitrogens with zero attached hydrogens (tertiary/aromatic N) is 3. The van der Waals surface area contributed by atoms with Crippen LogP contribution in [0.4, 0.5) is 0 Å². The predicted molar refractivity (Wildman–Crippen MR) is 14.8 cm³/mol. The van der Waals surface area contributed by atoms with Crippen LogP contribution in [0, 0.1) is 16.4 Å². The van der Waals surface area contributed by atoms with Gasteiger partial charge in [0.1, 0.15) is 0 Å². The second kappa shape index (κ2) is 22.9. The third-order valence-corrected chi connectivity index (χ3v) is 0. The average Bonchev–Trinajstić information content (AvgIpc) is 1.96. The summed E-state index contributed by atoms with van der Waals surface area (Å²) in [6, 6.07) is 0. The first-order valence-electron chi connectivity index (χ1n) is 1.28. The summed E-state index contributed by atoms with van der Waals surface area (Å²) in [7, 11) is -5.39. The van der Waals surface area contributed by atoms with Gasteiger partial charge in [0.05, 0.1) is 0 Å². The van der Waals surface area contributed by atoms with Gasteiger partial charge in [0.2, 0.25) is 0 Å². The van der Waals surface area contributed by atoms with Crippen LogP contribution in [0.3, 0.4) is 0 Å². The van der Waals surface area contributed by atoms with Gasteiger partial charge in [-0.2, -0.15) is 7.82 Å². The van der Waals surface area contributed by atoms with Crippen LogP contribution in [0.15, 0.2) is 0 Å². The molecule has 0 radical (unpaired) electrons. The van der Waals surface area contributed by atoms with Crippen LogP contribution >= 0.6 is 7.82 Å². The molecule has 0 aliphatic rings. The van der Waals surface area contributed by atoms with E-state index in [1.54, 1.807) is 0 Å². The van der Waals surface area contributed by atoms with Crippen molar-refractivity contribution in [2.45, 2.75) is 0 Å². The molecule has 0 atom stereocenters. The van der Waals surface area contributed by atoms with Crippen LogP contribution in [0.2, 0.25) is 0 Å². The Bertz CT molecular complexity index is 126. The number of phosphoric acid groups is 1. The summed E-state index contributed by atoms with van der Waals surface area (Å²) in [6.07, 6.45) is 0. The summed E-state index contributed by atoms with van der Waals surface area (Å²) in [5, 5.41) is 0. The Balaban J connectivity index is -0.0000000350. The summed E-state index contributed by atoms with van der Waals surface area (Å²) < 4.78 is 30.3. The van der Waals surface area contributed by atoms with Crippen LogP contribution in [-0.2, 0) is 18.9 Å². The first-order valence-corrected chi connectivity index (χ1v) is 2.74. The van der Waals surface area contributed by atoms with E-state index in [1.807, 2.05) is 0 Å². The zero-order valence-electron chi connectivity index (χ0n) is 4.65. The summed E-state index contributed by atoms with van der Waals surface area (Å²) in [5.41, 5.74) is 17.2. The van der Waals surface area contributed by atoms with E-state index >= 15 is 0 Å². The minimum absolute atomic E-state index is 5.39. The molecule has 11 heteroatoms. The van der Waals surface area contributed by atoms with Crippen molar-refractivity contribution < 1.29 is 33.6 Å². The fraction of sp³-hybridized carbons (Fsp3) is 0. The van der Waals surface area contributed by atoms with Crippen molar-refractivity contribution in [1.29, 1.82) is 16.4 Å². The molecule has 0 aliphatic carbocycles. The number of hydrogen-bond donors (Lipinski definition) is 0. The minimum Gasteiger partial charge on any atom is -0.822 e. The first-order chi connectivity index (χ1) is 5.00. The Hall–Kier alpha value is -0.880. The molecular formula is N3O7P. The van der Waals surface area contributed by atoms with Crippen molar-refractivity contribution in [2.75, 3.05) is 0 Å². The van der Waals surface area contributed by atoms with Gasteiger partial charge >= 0.3 is 30.7 Å². The van der Waals surface area contributed by atoms with E-state index in [0.717, 1.165) is 0 Å². The maximum atomic E-state index is 8.55. The second-order valence-corrected chi connectivity index (χ2v) is 1.34. The monoisotopic (exact) mass is 185 g/mol. The van der Waals surface area contributed by atoms with Crippen LogP contribution in [0.5, 0.6) is 0 Å². The molecular weight excluding hydrogens is 185 g/mol. The quantitative estimate of drug-likeness (QED) is 0.278. The van der Waals surface area contributed by atoms with Crippen LogP contribution in [0.1, 0.15) is 0 Å². The van der Waals surface area contributed by atoms with Gasteiger partial charge in [-0.1, -0.05) is 0 Å². The molecule has 0 heterocycles. The van der Waals surface area contributed by atoms with Gasteiger partial charge in [-0.05, 0) is 0 Å². The van der Waals surface area contributed by atoms with Gasteiger partial charge in [0, 0.05) is 0 Å². The largest absolute Gasteiger partial charge is 0.822 e. The number of hydrogen-bond acceptors (Lipinski definition) is 7. The Morgan fingerprint density at radius 1 is 0.818 bits per heavy atom. The molecule has 0 N–H and O–H groups in total. The van der Waals surface area contributed by atoms with Crippen molar-refractivity contribution in [3.63, 3.8) is 0 Å². The minimum atomic E-state index is -5.39. The molecule has 0 unspecified atom stereocenters. The van der Waals surface area contributed by atoms with Crippen molar-refractivity contribution in [3.8, 4) is 0 Å². The predicted octanol–water partition coefficient (Wildman–Crippen LogP) is -3.14. The van der Waals surface area contributed by atoms with Gasteiger partial charge in [-0.15, -0.1) is 0 Å². The zero-order valence-corrected chi connectivity index (χ0v) is 5.54.